The van der Waals surface area contributed by atoms with Crippen molar-refractivity contribution in [3.63, 3.8) is 0 Å². The summed E-state index contributed by atoms with van der Waals surface area (Å²) in [6.45, 7) is 3.95. The zero-order valence-electron chi connectivity index (χ0n) is 16.5. The summed E-state index contributed by atoms with van der Waals surface area (Å²) >= 11 is 0. The van der Waals surface area contributed by atoms with Gasteiger partial charge in [0.25, 0.3) is 0 Å². The number of rotatable bonds is 5. The van der Waals surface area contributed by atoms with E-state index in [0.29, 0.717) is 29.0 Å². The van der Waals surface area contributed by atoms with Crippen LogP contribution < -0.4 is 9.47 Å². The first-order valence-corrected chi connectivity index (χ1v) is 9.09. The van der Waals surface area contributed by atoms with Crippen molar-refractivity contribution < 1.29 is 29.5 Å². The molecule has 0 bridgehead atoms. The van der Waals surface area contributed by atoms with Crippen LogP contribution in [0, 0.1) is 0 Å². The van der Waals surface area contributed by atoms with Crippen LogP contribution in [0.4, 0.5) is 0 Å². The van der Waals surface area contributed by atoms with Gasteiger partial charge in [0.15, 0.2) is 6.10 Å². The van der Waals surface area contributed by atoms with E-state index in [1.807, 2.05) is 19.9 Å². The molecule has 1 aliphatic heterocycles. The molecule has 0 radical (unpaired) electrons. The lowest BCUT2D eigenvalue weighted by molar-refractivity contribution is -0.0926. The van der Waals surface area contributed by atoms with Crippen LogP contribution >= 0.6 is 0 Å². The average Bonchev–Trinajstić information content (AvgIpc) is 2.66. The van der Waals surface area contributed by atoms with E-state index in [2.05, 4.69) is 0 Å². The Morgan fingerprint density at radius 1 is 1.14 bits per heavy atom. The number of fused-ring (bicyclic) bond motifs is 1. The number of allylic oxidation sites excluding steroid dienone is 2. The van der Waals surface area contributed by atoms with Crippen molar-refractivity contribution in [2.24, 2.45) is 0 Å². The molecule has 2 aromatic carbocycles. The minimum atomic E-state index is -1.02. The molecule has 28 heavy (non-hydrogen) atoms. The number of methoxy groups -OCH3 is 2. The zero-order chi connectivity index (χ0) is 20.4. The van der Waals surface area contributed by atoms with Gasteiger partial charge in [-0.25, -0.2) is 0 Å². The predicted octanol–water partition coefficient (Wildman–Crippen LogP) is 3.80. The topological polar surface area (TPSA) is 88.4 Å². The van der Waals surface area contributed by atoms with Gasteiger partial charge in [-0.1, -0.05) is 23.8 Å². The molecule has 0 fully saturated rings. The molecule has 0 saturated carbocycles. The highest BCUT2D eigenvalue weighted by Crippen LogP contribution is 2.50. The minimum Gasteiger partial charge on any atom is -0.508 e. The van der Waals surface area contributed by atoms with Gasteiger partial charge in [-0.3, -0.25) is 0 Å². The number of phenols is 2. The number of aliphatic hydroxyl groups is 1. The SMILES string of the molecule is COc1cc(O)c(CC=C(C)C)c2c1C(O)C(OC)C(c1ccc(O)cc1)O2. The fraction of sp³-hybridized carbons (Fsp3) is 0.364. The second kappa shape index (κ2) is 8.12. The van der Waals surface area contributed by atoms with Crippen LogP contribution in [0.15, 0.2) is 42.0 Å². The predicted molar refractivity (Wildman–Crippen MR) is 105 cm³/mol. The van der Waals surface area contributed by atoms with Crippen molar-refractivity contribution in [2.75, 3.05) is 14.2 Å². The average molecular weight is 386 g/mol. The van der Waals surface area contributed by atoms with Gasteiger partial charge < -0.3 is 29.5 Å². The molecule has 0 spiro atoms. The summed E-state index contributed by atoms with van der Waals surface area (Å²) in [5.41, 5.74) is 2.88. The molecule has 6 heteroatoms. The van der Waals surface area contributed by atoms with E-state index in [0.717, 1.165) is 11.1 Å². The van der Waals surface area contributed by atoms with Gasteiger partial charge in [0.1, 0.15) is 35.2 Å². The van der Waals surface area contributed by atoms with Gasteiger partial charge in [-0.05, 0) is 38.0 Å². The van der Waals surface area contributed by atoms with Crippen LogP contribution in [0.1, 0.15) is 42.7 Å². The number of benzene rings is 2. The summed E-state index contributed by atoms with van der Waals surface area (Å²) in [4.78, 5) is 0. The number of hydrogen-bond acceptors (Lipinski definition) is 6. The molecule has 1 aliphatic rings. The van der Waals surface area contributed by atoms with Gasteiger partial charge in [0.05, 0.1) is 12.7 Å². The van der Waals surface area contributed by atoms with Crippen LogP contribution in [-0.4, -0.2) is 35.6 Å². The number of ether oxygens (including phenoxy) is 3. The Balaban J connectivity index is 2.16. The molecular weight excluding hydrogens is 360 g/mol. The van der Waals surface area contributed by atoms with Crippen molar-refractivity contribution in [1.29, 1.82) is 0 Å². The number of aromatic hydroxyl groups is 2. The lowest BCUT2D eigenvalue weighted by atomic mass is 9.89. The van der Waals surface area contributed by atoms with E-state index < -0.39 is 18.3 Å². The maximum Gasteiger partial charge on any atom is 0.153 e. The number of phenolic OH excluding ortho intramolecular Hbond substituents is 2. The first-order valence-electron chi connectivity index (χ1n) is 9.09. The summed E-state index contributed by atoms with van der Waals surface area (Å²) in [6, 6.07) is 8.05. The summed E-state index contributed by atoms with van der Waals surface area (Å²) in [5.74, 6) is 0.916. The van der Waals surface area contributed by atoms with E-state index in [1.54, 1.807) is 24.3 Å². The Morgan fingerprint density at radius 2 is 1.82 bits per heavy atom. The highest BCUT2D eigenvalue weighted by atomic mass is 16.6. The maximum atomic E-state index is 11.1. The van der Waals surface area contributed by atoms with Crippen molar-refractivity contribution in [3.05, 3.63) is 58.7 Å². The summed E-state index contributed by atoms with van der Waals surface area (Å²) in [6.07, 6.45) is 0.105. The van der Waals surface area contributed by atoms with Crippen LogP contribution in [0.5, 0.6) is 23.0 Å². The Kier molecular flexibility index (Phi) is 5.82. The highest BCUT2D eigenvalue weighted by molar-refractivity contribution is 5.60. The van der Waals surface area contributed by atoms with Crippen LogP contribution in [-0.2, 0) is 11.2 Å². The second-order valence-electron chi connectivity index (χ2n) is 7.08. The lowest BCUT2D eigenvalue weighted by Gasteiger charge is -2.38. The fourth-order valence-electron chi connectivity index (χ4n) is 3.46. The molecule has 2 aromatic rings. The third-order valence-corrected chi connectivity index (χ3v) is 4.94. The molecule has 150 valence electrons. The lowest BCUT2D eigenvalue weighted by Crippen LogP contribution is -2.36. The molecule has 3 atom stereocenters. The van der Waals surface area contributed by atoms with E-state index in [4.69, 9.17) is 14.2 Å². The second-order valence-corrected chi connectivity index (χ2v) is 7.08. The van der Waals surface area contributed by atoms with Crippen molar-refractivity contribution in [3.8, 4) is 23.0 Å². The van der Waals surface area contributed by atoms with Crippen LogP contribution in [0.3, 0.4) is 0 Å². The van der Waals surface area contributed by atoms with Crippen molar-refractivity contribution in [1.82, 2.24) is 0 Å². The highest BCUT2D eigenvalue weighted by Gasteiger charge is 2.42. The monoisotopic (exact) mass is 386 g/mol. The smallest absolute Gasteiger partial charge is 0.153 e. The van der Waals surface area contributed by atoms with Crippen molar-refractivity contribution in [2.45, 2.75) is 38.6 Å². The van der Waals surface area contributed by atoms with Crippen LogP contribution in [0.2, 0.25) is 0 Å². The third-order valence-electron chi connectivity index (χ3n) is 4.94. The van der Waals surface area contributed by atoms with Gasteiger partial charge in [0, 0.05) is 18.7 Å². The molecule has 3 unspecified atom stereocenters. The largest absolute Gasteiger partial charge is 0.508 e. The maximum absolute atomic E-state index is 11.1. The Morgan fingerprint density at radius 3 is 2.39 bits per heavy atom. The summed E-state index contributed by atoms with van der Waals surface area (Å²) in [5, 5.41) is 31.2. The van der Waals surface area contributed by atoms with E-state index in [9.17, 15) is 15.3 Å². The van der Waals surface area contributed by atoms with E-state index >= 15 is 0 Å². The number of hydrogen-bond donors (Lipinski definition) is 3. The first-order chi connectivity index (χ1) is 13.4. The van der Waals surface area contributed by atoms with Gasteiger partial charge in [-0.15, -0.1) is 0 Å². The van der Waals surface area contributed by atoms with Gasteiger partial charge in [-0.2, -0.15) is 0 Å². The summed E-state index contributed by atoms with van der Waals surface area (Å²) < 4.78 is 17.2. The molecule has 0 saturated heterocycles. The molecule has 6 nitrogen and oxygen atoms in total. The van der Waals surface area contributed by atoms with Gasteiger partial charge >= 0.3 is 0 Å². The molecule has 0 amide bonds. The van der Waals surface area contributed by atoms with E-state index in [-0.39, 0.29) is 11.5 Å². The molecule has 3 N–H and O–H groups in total. The Hall–Kier alpha value is -2.70. The quantitative estimate of drug-likeness (QED) is 0.678. The Labute approximate surface area is 164 Å². The fourth-order valence-corrected chi connectivity index (χ4v) is 3.46. The van der Waals surface area contributed by atoms with Gasteiger partial charge in [0.2, 0.25) is 0 Å². The summed E-state index contributed by atoms with van der Waals surface area (Å²) in [7, 11) is 2.98. The minimum absolute atomic E-state index is 0.0422. The first kappa shape index (κ1) is 20.0. The molecule has 1 heterocycles. The zero-order valence-corrected chi connectivity index (χ0v) is 16.5. The Bertz CT molecular complexity index is 868. The molecule has 0 aromatic heterocycles. The molecule has 3 rings (SSSR count). The number of aliphatic hydroxyl groups excluding tert-OH is 1. The standard InChI is InChI=1S/C22H26O6/c1-12(2)5-10-15-16(24)11-17(26-3)18-19(25)22(27-4)20(28-21(15)18)13-6-8-14(23)9-7-13/h5-9,11,19-20,22-25H,10H2,1-4H3. The van der Waals surface area contributed by atoms with Crippen LogP contribution in [0.25, 0.3) is 0 Å². The molecule has 0 aliphatic carbocycles. The normalized spacial score (nSPS) is 20.8. The van der Waals surface area contributed by atoms with Crippen molar-refractivity contribution >= 4 is 0 Å². The van der Waals surface area contributed by atoms with E-state index in [1.165, 1.54) is 20.3 Å². The molecular formula is C22H26O6. The third kappa shape index (κ3) is 3.66.